The standard InChI is InChI=1S/C43H30O2/c1-2-10-26(9-1)38-25-44-39-22-19-28(23-37(38)39)41-32-13-5-7-15-34(32)42(35-16-8-6-14-33(35)41)29-18-20-31-36-21-17-27-11-3-4-12-30(27)43(36)45-40(31)24-29/h3-8,11-26H,1-2,9-10H2. The molecule has 0 atom stereocenters. The average Bonchev–Trinajstić information content (AvgIpc) is 3.85. The summed E-state index contributed by atoms with van der Waals surface area (Å²) in [4.78, 5) is 0. The molecule has 1 fully saturated rings. The summed E-state index contributed by atoms with van der Waals surface area (Å²) < 4.78 is 12.7. The van der Waals surface area contributed by atoms with Crippen molar-refractivity contribution in [3.8, 4) is 22.3 Å². The second kappa shape index (κ2) is 9.58. The second-order valence-electron chi connectivity index (χ2n) is 12.7. The molecule has 2 heteroatoms. The van der Waals surface area contributed by atoms with Crippen LogP contribution < -0.4 is 0 Å². The van der Waals surface area contributed by atoms with Gasteiger partial charge in [-0.3, -0.25) is 0 Å². The molecular weight excluding hydrogens is 548 g/mol. The van der Waals surface area contributed by atoms with Gasteiger partial charge in [0.15, 0.2) is 0 Å². The Morgan fingerprint density at radius 3 is 1.78 bits per heavy atom. The second-order valence-corrected chi connectivity index (χ2v) is 12.7. The van der Waals surface area contributed by atoms with E-state index < -0.39 is 0 Å². The number of hydrogen-bond acceptors (Lipinski definition) is 2. The lowest BCUT2D eigenvalue weighted by Crippen LogP contribution is -1.92. The number of furan rings is 2. The summed E-state index contributed by atoms with van der Waals surface area (Å²) in [5.41, 5.74) is 9.16. The SMILES string of the molecule is c1ccc2c(c1)ccc1c3ccc(-c4c5ccccc5c(-c5ccc6occ(C7CCCC7)c6c5)c5ccccc45)cc3oc21. The molecule has 0 spiro atoms. The van der Waals surface area contributed by atoms with Gasteiger partial charge in [-0.1, -0.05) is 104 Å². The van der Waals surface area contributed by atoms with Gasteiger partial charge >= 0.3 is 0 Å². The van der Waals surface area contributed by atoms with Gasteiger partial charge in [0, 0.05) is 27.1 Å². The first-order valence-electron chi connectivity index (χ1n) is 16.1. The molecule has 45 heavy (non-hydrogen) atoms. The first kappa shape index (κ1) is 25.0. The van der Waals surface area contributed by atoms with Crippen LogP contribution >= 0.6 is 0 Å². The molecule has 1 aliphatic rings. The van der Waals surface area contributed by atoms with Gasteiger partial charge in [-0.2, -0.15) is 0 Å². The lowest BCUT2D eigenvalue weighted by molar-refractivity contribution is 0.599. The number of hydrogen-bond donors (Lipinski definition) is 0. The number of benzene rings is 7. The van der Waals surface area contributed by atoms with Crippen LogP contribution in [0.4, 0.5) is 0 Å². The molecule has 0 N–H and O–H groups in total. The fraction of sp³-hybridized carbons (Fsp3) is 0.116. The lowest BCUT2D eigenvalue weighted by Gasteiger charge is -2.18. The molecule has 1 aliphatic carbocycles. The fourth-order valence-electron chi connectivity index (χ4n) is 8.17. The van der Waals surface area contributed by atoms with Gasteiger partial charge < -0.3 is 8.83 Å². The predicted molar refractivity (Wildman–Crippen MR) is 188 cm³/mol. The topological polar surface area (TPSA) is 26.3 Å². The third-order valence-corrected chi connectivity index (χ3v) is 10.3. The van der Waals surface area contributed by atoms with Gasteiger partial charge in [-0.05, 0) is 98.3 Å². The van der Waals surface area contributed by atoms with Gasteiger partial charge in [-0.15, -0.1) is 0 Å². The van der Waals surface area contributed by atoms with Gasteiger partial charge in [0.25, 0.3) is 0 Å². The van der Waals surface area contributed by atoms with Crippen molar-refractivity contribution in [2.45, 2.75) is 31.6 Å². The highest BCUT2D eigenvalue weighted by atomic mass is 16.3. The van der Waals surface area contributed by atoms with E-state index >= 15 is 0 Å². The van der Waals surface area contributed by atoms with Crippen LogP contribution in [-0.2, 0) is 0 Å². The van der Waals surface area contributed by atoms with Crippen molar-refractivity contribution in [1.29, 1.82) is 0 Å². The first-order valence-corrected chi connectivity index (χ1v) is 16.1. The van der Waals surface area contributed by atoms with Crippen LogP contribution in [0.25, 0.3) is 87.5 Å². The van der Waals surface area contributed by atoms with Gasteiger partial charge in [0.2, 0.25) is 0 Å². The average molecular weight is 579 g/mol. The maximum atomic E-state index is 6.62. The number of rotatable bonds is 3. The highest BCUT2D eigenvalue weighted by Crippen LogP contribution is 2.46. The van der Waals surface area contributed by atoms with Crippen molar-refractivity contribution in [3.63, 3.8) is 0 Å². The minimum Gasteiger partial charge on any atom is -0.464 e. The molecular formula is C43H30O2. The van der Waals surface area contributed by atoms with E-state index in [1.165, 1.54) is 85.8 Å². The summed E-state index contributed by atoms with van der Waals surface area (Å²) in [5, 5.41) is 10.9. The summed E-state index contributed by atoms with van der Waals surface area (Å²) in [5.74, 6) is 0.600. The van der Waals surface area contributed by atoms with Crippen LogP contribution in [0.1, 0.15) is 37.2 Å². The van der Waals surface area contributed by atoms with E-state index in [4.69, 9.17) is 8.83 Å². The minimum absolute atomic E-state index is 0.600. The smallest absolute Gasteiger partial charge is 0.143 e. The molecule has 9 aromatic rings. The largest absolute Gasteiger partial charge is 0.464 e. The van der Waals surface area contributed by atoms with Crippen LogP contribution in [0.15, 0.2) is 136 Å². The maximum absolute atomic E-state index is 6.62. The number of fused-ring (bicyclic) bond motifs is 8. The molecule has 2 heterocycles. The van der Waals surface area contributed by atoms with Crippen molar-refractivity contribution in [2.24, 2.45) is 0 Å². The zero-order valence-electron chi connectivity index (χ0n) is 24.8. The van der Waals surface area contributed by atoms with Crippen LogP contribution in [0.2, 0.25) is 0 Å². The molecule has 7 aromatic carbocycles. The predicted octanol–water partition coefficient (Wildman–Crippen LogP) is 12.8. The normalized spacial score (nSPS) is 14.2. The highest BCUT2D eigenvalue weighted by molar-refractivity contribution is 6.22. The van der Waals surface area contributed by atoms with Gasteiger partial charge in [0.1, 0.15) is 16.7 Å². The van der Waals surface area contributed by atoms with Crippen molar-refractivity contribution in [1.82, 2.24) is 0 Å². The third-order valence-electron chi connectivity index (χ3n) is 10.3. The van der Waals surface area contributed by atoms with E-state index in [1.54, 1.807) is 0 Å². The third kappa shape index (κ3) is 3.69. The Balaban J connectivity index is 1.23. The van der Waals surface area contributed by atoms with Crippen LogP contribution in [0, 0.1) is 0 Å². The first-order chi connectivity index (χ1) is 22.3. The van der Waals surface area contributed by atoms with Crippen LogP contribution in [-0.4, -0.2) is 0 Å². The molecule has 0 aliphatic heterocycles. The molecule has 2 nitrogen and oxygen atoms in total. The Bertz CT molecular complexity index is 2550. The Labute approximate surface area is 260 Å². The Morgan fingerprint density at radius 2 is 1.07 bits per heavy atom. The summed E-state index contributed by atoms with van der Waals surface area (Å²) in [6.07, 6.45) is 7.14. The summed E-state index contributed by atoms with van der Waals surface area (Å²) >= 11 is 0. The summed E-state index contributed by atoms with van der Waals surface area (Å²) in [7, 11) is 0. The molecule has 0 unspecified atom stereocenters. The Hall–Kier alpha value is -5.34. The molecule has 1 saturated carbocycles. The Kier molecular flexibility index (Phi) is 5.33. The molecule has 0 saturated heterocycles. The fourth-order valence-corrected chi connectivity index (χ4v) is 8.17. The van der Waals surface area contributed by atoms with Crippen molar-refractivity contribution < 1.29 is 8.83 Å². The zero-order valence-corrected chi connectivity index (χ0v) is 24.8. The van der Waals surface area contributed by atoms with E-state index in [2.05, 4.69) is 121 Å². The quantitative estimate of drug-likeness (QED) is 0.195. The van der Waals surface area contributed by atoms with Crippen LogP contribution in [0.5, 0.6) is 0 Å². The highest BCUT2D eigenvalue weighted by Gasteiger charge is 2.23. The summed E-state index contributed by atoms with van der Waals surface area (Å²) in [6, 6.07) is 44.1. The van der Waals surface area contributed by atoms with Crippen molar-refractivity contribution >= 4 is 65.2 Å². The van der Waals surface area contributed by atoms with E-state index in [-0.39, 0.29) is 0 Å². The van der Waals surface area contributed by atoms with Crippen molar-refractivity contribution in [3.05, 3.63) is 133 Å². The molecule has 0 bridgehead atoms. The maximum Gasteiger partial charge on any atom is 0.143 e. The van der Waals surface area contributed by atoms with Crippen molar-refractivity contribution in [2.75, 3.05) is 0 Å². The molecule has 0 amide bonds. The molecule has 0 radical (unpaired) electrons. The molecule has 214 valence electrons. The zero-order chi connectivity index (χ0) is 29.5. The Morgan fingerprint density at radius 1 is 0.467 bits per heavy atom. The monoisotopic (exact) mass is 578 g/mol. The molecule has 2 aromatic heterocycles. The lowest BCUT2D eigenvalue weighted by atomic mass is 9.85. The van der Waals surface area contributed by atoms with Gasteiger partial charge in [0.05, 0.1) is 6.26 Å². The summed E-state index contributed by atoms with van der Waals surface area (Å²) in [6.45, 7) is 0. The van der Waals surface area contributed by atoms with E-state index in [0.29, 0.717) is 5.92 Å². The minimum atomic E-state index is 0.600. The van der Waals surface area contributed by atoms with Gasteiger partial charge in [-0.25, -0.2) is 0 Å². The van der Waals surface area contributed by atoms with E-state index in [1.807, 2.05) is 6.26 Å². The van der Waals surface area contributed by atoms with E-state index in [9.17, 15) is 0 Å². The van der Waals surface area contributed by atoms with E-state index in [0.717, 1.165) is 32.9 Å². The van der Waals surface area contributed by atoms with Crippen LogP contribution in [0.3, 0.4) is 0 Å². The molecule has 10 rings (SSSR count).